The summed E-state index contributed by atoms with van der Waals surface area (Å²) in [4.78, 5) is 11.8. The number of nitrogens with two attached hydrogens (primary N) is 1. The Morgan fingerprint density at radius 2 is 2.00 bits per heavy atom. The van der Waals surface area contributed by atoms with E-state index in [2.05, 4.69) is 5.32 Å². The Balaban J connectivity index is 2.50. The monoisotopic (exact) mass is 308 g/mol. The number of carbonyl (C=O) groups is 1. The van der Waals surface area contributed by atoms with E-state index in [0.717, 1.165) is 5.56 Å². The lowest BCUT2D eigenvalue weighted by molar-refractivity contribution is 0.0602. The number of hydrogen-bond acceptors (Lipinski definition) is 4. The van der Waals surface area contributed by atoms with E-state index in [-0.39, 0.29) is 16.4 Å². The number of esters is 1. The molecule has 0 aliphatic heterocycles. The Hall–Kier alpha value is -2.27. The number of ether oxygens (including phenoxy) is 1. The molecule has 0 amide bonds. The number of aryl methyl sites for hydroxylation is 1. The molecule has 2 aromatic carbocycles. The Morgan fingerprint density at radius 1 is 1.29 bits per heavy atom. The summed E-state index contributed by atoms with van der Waals surface area (Å²) in [5.74, 6) is -0.969. The minimum Gasteiger partial charge on any atom is -0.465 e. The zero-order chi connectivity index (χ0) is 15.6. The first-order valence-corrected chi connectivity index (χ1v) is 6.50. The number of rotatable bonds is 3. The van der Waals surface area contributed by atoms with Crippen molar-refractivity contribution >= 4 is 34.6 Å². The highest BCUT2D eigenvalue weighted by atomic mass is 35.5. The maximum atomic E-state index is 13.4. The van der Waals surface area contributed by atoms with Crippen molar-refractivity contribution in [1.82, 2.24) is 0 Å². The van der Waals surface area contributed by atoms with Gasteiger partial charge in [0.05, 0.1) is 23.4 Å². The molecule has 6 heteroatoms. The molecule has 0 saturated heterocycles. The fourth-order valence-corrected chi connectivity index (χ4v) is 2.25. The van der Waals surface area contributed by atoms with E-state index in [1.807, 2.05) is 0 Å². The summed E-state index contributed by atoms with van der Waals surface area (Å²) in [6.45, 7) is 1.76. The van der Waals surface area contributed by atoms with Gasteiger partial charge in [-0.15, -0.1) is 0 Å². The number of nitrogen functional groups attached to an aromatic ring is 1. The van der Waals surface area contributed by atoms with Crippen LogP contribution < -0.4 is 11.1 Å². The van der Waals surface area contributed by atoms with Crippen LogP contribution >= 0.6 is 11.6 Å². The lowest BCUT2D eigenvalue weighted by Crippen LogP contribution is -2.07. The van der Waals surface area contributed by atoms with Crippen LogP contribution in [0.1, 0.15) is 15.9 Å². The van der Waals surface area contributed by atoms with Gasteiger partial charge >= 0.3 is 5.97 Å². The van der Waals surface area contributed by atoms with Crippen LogP contribution in [0.15, 0.2) is 30.3 Å². The third-order valence-corrected chi connectivity index (χ3v) is 3.13. The highest BCUT2D eigenvalue weighted by molar-refractivity contribution is 6.34. The SMILES string of the molecule is COC(=O)c1cc(N)cc(Cl)c1Nc1cc(C)cc(F)c1. The smallest absolute Gasteiger partial charge is 0.340 e. The van der Waals surface area contributed by atoms with E-state index in [9.17, 15) is 9.18 Å². The van der Waals surface area contributed by atoms with Gasteiger partial charge in [0.25, 0.3) is 0 Å². The number of methoxy groups -OCH3 is 1. The molecule has 0 aromatic heterocycles. The number of nitrogens with one attached hydrogen (secondary N) is 1. The van der Waals surface area contributed by atoms with E-state index in [1.165, 1.54) is 31.4 Å². The van der Waals surface area contributed by atoms with Gasteiger partial charge in [0.2, 0.25) is 0 Å². The lowest BCUT2D eigenvalue weighted by atomic mass is 10.1. The maximum absolute atomic E-state index is 13.4. The quantitative estimate of drug-likeness (QED) is 0.666. The largest absolute Gasteiger partial charge is 0.465 e. The number of halogens is 2. The molecule has 0 atom stereocenters. The number of benzene rings is 2. The summed E-state index contributed by atoms with van der Waals surface area (Å²) in [5, 5.41) is 3.18. The Morgan fingerprint density at radius 3 is 2.62 bits per heavy atom. The third-order valence-electron chi connectivity index (χ3n) is 2.83. The molecule has 0 spiro atoms. The van der Waals surface area contributed by atoms with Crippen molar-refractivity contribution < 1.29 is 13.9 Å². The second kappa shape index (κ2) is 6.01. The van der Waals surface area contributed by atoms with Crippen LogP contribution in [0, 0.1) is 12.7 Å². The van der Waals surface area contributed by atoms with Gasteiger partial charge in [-0.3, -0.25) is 0 Å². The minimum atomic E-state index is -0.583. The van der Waals surface area contributed by atoms with Crippen molar-refractivity contribution in [1.29, 1.82) is 0 Å². The average molecular weight is 309 g/mol. The molecule has 4 nitrogen and oxygen atoms in total. The van der Waals surface area contributed by atoms with Crippen LogP contribution in [0.5, 0.6) is 0 Å². The molecule has 0 aliphatic carbocycles. The molecule has 0 unspecified atom stereocenters. The molecule has 2 rings (SSSR count). The van der Waals surface area contributed by atoms with E-state index in [1.54, 1.807) is 13.0 Å². The minimum absolute atomic E-state index is 0.185. The predicted octanol–water partition coefficient (Wildman–Crippen LogP) is 3.90. The highest BCUT2D eigenvalue weighted by Gasteiger charge is 2.16. The topological polar surface area (TPSA) is 64.3 Å². The Kier molecular flexibility index (Phi) is 4.33. The summed E-state index contributed by atoms with van der Waals surface area (Å²) in [5.41, 5.74) is 7.74. The van der Waals surface area contributed by atoms with Crippen LogP contribution in [0.2, 0.25) is 5.02 Å². The molecule has 21 heavy (non-hydrogen) atoms. The highest BCUT2D eigenvalue weighted by Crippen LogP contribution is 2.32. The van der Waals surface area contributed by atoms with E-state index in [0.29, 0.717) is 17.1 Å². The van der Waals surface area contributed by atoms with Gasteiger partial charge in [-0.2, -0.15) is 0 Å². The van der Waals surface area contributed by atoms with Crippen molar-refractivity contribution in [3.8, 4) is 0 Å². The van der Waals surface area contributed by atoms with Crippen molar-refractivity contribution in [3.63, 3.8) is 0 Å². The first kappa shape index (κ1) is 15.1. The molecule has 0 aliphatic rings. The van der Waals surface area contributed by atoms with Crippen LogP contribution in [-0.4, -0.2) is 13.1 Å². The summed E-state index contributed by atoms with van der Waals surface area (Å²) in [6.07, 6.45) is 0. The second-order valence-electron chi connectivity index (χ2n) is 4.56. The van der Waals surface area contributed by atoms with Crippen molar-refractivity contribution in [2.75, 3.05) is 18.2 Å². The fraction of sp³-hybridized carbons (Fsp3) is 0.133. The zero-order valence-electron chi connectivity index (χ0n) is 11.5. The van der Waals surface area contributed by atoms with E-state index >= 15 is 0 Å². The summed E-state index contributed by atoms with van der Waals surface area (Å²) >= 11 is 6.12. The summed E-state index contributed by atoms with van der Waals surface area (Å²) < 4.78 is 18.1. The van der Waals surface area contributed by atoms with Gasteiger partial charge in [0, 0.05) is 11.4 Å². The lowest BCUT2D eigenvalue weighted by Gasteiger charge is -2.14. The normalized spacial score (nSPS) is 10.3. The van der Waals surface area contributed by atoms with Crippen LogP contribution in [0.25, 0.3) is 0 Å². The summed E-state index contributed by atoms with van der Waals surface area (Å²) in [7, 11) is 1.26. The maximum Gasteiger partial charge on any atom is 0.340 e. The summed E-state index contributed by atoms with van der Waals surface area (Å²) in [6, 6.07) is 7.39. The first-order valence-electron chi connectivity index (χ1n) is 6.12. The Labute approximate surface area is 126 Å². The standard InChI is InChI=1S/C15H14ClFN2O2/c1-8-3-9(17)5-11(4-8)19-14-12(15(20)21-2)6-10(18)7-13(14)16/h3-7,19H,18H2,1-2H3. The number of anilines is 3. The molecule has 0 heterocycles. The molecule has 0 fully saturated rings. The first-order chi connectivity index (χ1) is 9.90. The molecule has 0 radical (unpaired) electrons. The molecule has 3 N–H and O–H groups in total. The average Bonchev–Trinajstić information content (AvgIpc) is 2.39. The van der Waals surface area contributed by atoms with Crippen molar-refractivity contribution in [2.45, 2.75) is 6.92 Å². The zero-order valence-corrected chi connectivity index (χ0v) is 12.3. The Bertz CT molecular complexity index is 684. The van der Waals surface area contributed by atoms with Gasteiger partial charge in [-0.25, -0.2) is 9.18 Å². The number of carbonyl (C=O) groups excluding carboxylic acids is 1. The van der Waals surface area contributed by atoms with E-state index in [4.69, 9.17) is 22.1 Å². The van der Waals surface area contributed by atoms with Crippen molar-refractivity contribution in [2.24, 2.45) is 0 Å². The van der Waals surface area contributed by atoms with Gasteiger partial charge < -0.3 is 15.8 Å². The number of hydrogen-bond donors (Lipinski definition) is 2. The van der Waals surface area contributed by atoms with E-state index < -0.39 is 5.97 Å². The van der Waals surface area contributed by atoms with Gasteiger partial charge in [-0.1, -0.05) is 11.6 Å². The molecule has 2 aromatic rings. The van der Waals surface area contributed by atoms with Crippen LogP contribution in [0.4, 0.5) is 21.5 Å². The molecular formula is C15H14ClFN2O2. The second-order valence-corrected chi connectivity index (χ2v) is 4.97. The molecule has 110 valence electrons. The van der Waals surface area contributed by atoms with Crippen LogP contribution in [0.3, 0.4) is 0 Å². The van der Waals surface area contributed by atoms with Crippen molar-refractivity contribution in [3.05, 3.63) is 52.3 Å². The molecule has 0 bridgehead atoms. The van der Waals surface area contributed by atoms with Crippen LogP contribution in [-0.2, 0) is 4.74 Å². The van der Waals surface area contributed by atoms with Gasteiger partial charge in [0.1, 0.15) is 5.82 Å². The van der Waals surface area contributed by atoms with Gasteiger partial charge in [-0.05, 0) is 42.8 Å². The molecule has 0 saturated carbocycles. The third kappa shape index (κ3) is 3.44. The van der Waals surface area contributed by atoms with Gasteiger partial charge in [0.15, 0.2) is 0 Å². The fourth-order valence-electron chi connectivity index (χ4n) is 1.98. The molecular weight excluding hydrogens is 295 g/mol. The predicted molar refractivity (Wildman–Crippen MR) is 81.6 cm³/mol.